The molecule has 0 spiro atoms. The SMILES string of the molecule is [2H]C([2H])([2H])c1ccc(-c2nc3cccc(C([2H])([2H])[2H])c3n2-c2c(C(C)C)cc(-c3ccccc3)cc2C(C)C)c2oc3cc4c(nc3c12)C(C)(C)c1ccccc1-4. The summed E-state index contributed by atoms with van der Waals surface area (Å²) in [6.07, 6.45) is 0. The highest BCUT2D eigenvalue weighted by atomic mass is 16.3. The molecular formula is C47H43N3O. The first-order valence-electron chi connectivity index (χ1n) is 20.7. The summed E-state index contributed by atoms with van der Waals surface area (Å²) in [5.74, 6) is 0.527. The average Bonchev–Trinajstić information content (AvgIpc) is 3.80. The van der Waals surface area contributed by atoms with E-state index in [-0.39, 0.29) is 23.0 Å². The van der Waals surface area contributed by atoms with Crippen LogP contribution in [0.4, 0.5) is 0 Å². The second kappa shape index (κ2) is 11.3. The van der Waals surface area contributed by atoms with Crippen molar-refractivity contribution in [1.29, 1.82) is 0 Å². The van der Waals surface area contributed by atoms with Gasteiger partial charge in [-0.05, 0) is 100 Å². The molecule has 0 unspecified atom stereocenters. The van der Waals surface area contributed by atoms with Crippen molar-refractivity contribution in [2.24, 2.45) is 0 Å². The maximum atomic E-state index is 8.70. The molecular weight excluding hydrogens is 623 g/mol. The molecule has 3 aromatic heterocycles. The van der Waals surface area contributed by atoms with E-state index in [4.69, 9.17) is 22.6 Å². The lowest BCUT2D eigenvalue weighted by atomic mass is 9.85. The Morgan fingerprint density at radius 3 is 2.14 bits per heavy atom. The molecule has 0 bridgehead atoms. The second-order valence-corrected chi connectivity index (χ2v) is 15.0. The number of para-hydroxylation sites is 1. The van der Waals surface area contributed by atoms with Gasteiger partial charge in [-0.15, -0.1) is 0 Å². The highest BCUT2D eigenvalue weighted by Crippen LogP contribution is 2.50. The fraction of sp³-hybridized carbons (Fsp3) is 0.234. The van der Waals surface area contributed by atoms with Gasteiger partial charge in [0.2, 0.25) is 0 Å². The van der Waals surface area contributed by atoms with Crippen molar-refractivity contribution in [3.8, 4) is 39.3 Å². The summed E-state index contributed by atoms with van der Waals surface area (Å²) in [6.45, 7) is 7.93. The first kappa shape index (κ1) is 25.5. The van der Waals surface area contributed by atoms with E-state index < -0.39 is 19.1 Å². The van der Waals surface area contributed by atoms with Crippen molar-refractivity contribution < 1.29 is 12.6 Å². The molecule has 0 fully saturated rings. The number of furan rings is 1. The summed E-state index contributed by atoms with van der Waals surface area (Å²) in [5, 5.41) is 0.402. The fourth-order valence-corrected chi connectivity index (χ4v) is 8.17. The van der Waals surface area contributed by atoms with Gasteiger partial charge in [-0.25, -0.2) is 9.97 Å². The third-order valence-corrected chi connectivity index (χ3v) is 10.7. The van der Waals surface area contributed by atoms with Crippen LogP contribution in [0.2, 0.25) is 0 Å². The van der Waals surface area contributed by atoms with Crippen LogP contribution in [0.25, 0.3) is 72.4 Å². The first-order chi connectivity index (χ1) is 27.0. The van der Waals surface area contributed by atoms with Crippen molar-refractivity contribution in [3.63, 3.8) is 0 Å². The molecule has 0 aliphatic heterocycles. The number of aromatic nitrogens is 3. The summed E-state index contributed by atoms with van der Waals surface area (Å²) >= 11 is 0. The molecule has 0 amide bonds. The number of hydrogen-bond donors (Lipinski definition) is 0. The van der Waals surface area contributed by atoms with Crippen LogP contribution in [-0.4, -0.2) is 14.5 Å². The van der Waals surface area contributed by atoms with E-state index >= 15 is 0 Å². The van der Waals surface area contributed by atoms with Crippen LogP contribution in [0.1, 0.15) is 95.1 Å². The van der Waals surface area contributed by atoms with Gasteiger partial charge in [0, 0.05) is 19.2 Å². The minimum absolute atomic E-state index is 0.0355. The number of pyridine rings is 1. The zero-order valence-corrected chi connectivity index (χ0v) is 29.7. The zero-order chi connectivity index (χ0) is 40.3. The summed E-state index contributed by atoms with van der Waals surface area (Å²) in [6, 6.07) is 33.5. The highest BCUT2D eigenvalue weighted by Gasteiger charge is 2.38. The van der Waals surface area contributed by atoms with Crippen LogP contribution in [0, 0.1) is 13.7 Å². The van der Waals surface area contributed by atoms with Gasteiger partial charge < -0.3 is 4.42 Å². The molecule has 1 aliphatic rings. The predicted molar refractivity (Wildman–Crippen MR) is 212 cm³/mol. The largest absolute Gasteiger partial charge is 0.454 e. The van der Waals surface area contributed by atoms with Crippen LogP contribution >= 0.6 is 0 Å². The molecule has 3 heterocycles. The van der Waals surface area contributed by atoms with Gasteiger partial charge in [-0.2, -0.15) is 0 Å². The maximum absolute atomic E-state index is 8.70. The third kappa shape index (κ3) is 4.58. The Morgan fingerprint density at radius 1 is 0.686 bits per heavy atom. The molecule has 8 aromatic rings. The number of rotatable bonds is 5. The molecule has 0 N–H and O–H groups in total. The molecule has 4 nitrogen and oxygen atoms in total. The lowest BCUT2D eigenvalue weighted by Crippen LogP contribution is -2.16. The summed E-state index contributed by atoms with van der Waals surface area (Å²) in [4.78, 5) is 10.5. The average molecular weight is 672 g/mol. The molecule has 0 radical (unpaired) electrons. The molecule has 9 rings (SSSR count). The van der Waals surface area contributed by atoms with E-state index in [1.807, 2.05) is 47.0 Å². The van der Waals surface area contributed by atoms with Gasteiger partial charge >= 0.3 is 0 Å². The topological polar surface area (TPSA) is 43.9 Å². The summed E-state index contributed by atoms with van der Waals surface area (Å²) < 4.78 is 60.9. The molecule has 0 atom stereocenters. The monoisotopic (exact) mass is 671 g/mol. The van der Waals surface area contributed by atoms with Crippen molar-refractivity contribution in [1.82, 2.24) is 14.5 Å². The minimum atomic E-state index is -2.48. The first-order valence-corrected chi connectivity index (χ1v) is 17.7. The van der Waals surface area contributed by atoms with E-state index in [1.165, 1.54) is 0 Å². The van der Waals surface area contributed by atoms with Gasteiger partial charge in [-0.1, -0.05) is 114 Å². The van der Waals surface area contributed by atoms with Gasteiger partial charge in [0.1, 0.15) is 16.9 Å². The van der Waals surface area contributed by atoms with E-state index in [9.17, 15) is 0 Å². The maximum Gasteiger partial charge on any atom is 0.154 e. The Labute approximate surface area is 308 Å². The van der Waals surface area contributed by atoms with E-state index in [0.717, 1.165) is 50.3 Å². The van der Waals surface area contributed by atoms with Gasteiger partial charge in [-0.3, -0.25) is 4.57 Å². The lowest BCUT2D eigenvalue weighted by molar-refractivity contribution is 0.637. The zero-order valence-electron chi connectivity index (χ0n) is 35.7. The molecule has 51 heavy (non-hydrogen) atoms. The van der Waals surface area contributed by atoms with E-state index in [0.29, 0.717) is 44.5 Å². The Morgan fingerprint density at radius 2 is 1.41 bits per heavy atom. The van der Waals surface area contributed by atoms with E-state index in [1.54, 1.807) is 24.3 Å². The van der Waals surface area contributed by atoms with E-state index in [2.05, 4.69) is 77.9 Å². The van der Waals surface area contributed by atoms with Crippen molar-refractivity contribution in [2.45, 2.75) is 72.5 Å². The van der Waals surface area contributed by atoms with Crippen molar-refractivity contribution in [2.75, 3.05) is 0 Å². The van der Waals surface area contributed by atoms with Crippen LogP contribution in [-0.2, 0) is 5.41 Å². The number of aryl methyl sites for hydroxylation is 2. The van der Waals surface area contributed by atoms with Crippen molar-refractivity contribution >= 4 is 33.1 Å². The van der Waals surface area contributed by atoms with Crippen LogP contribution in [0.5, 0.6) is 0 Å². The van der Waals surface area contributed by atoms with Crippen LogP contribution in [0.15, 0.2) is 108 Å². The molecule has 4 heteroatoms. The predicted octanol–water partition coefficient (Wildman–Crippen LogP) is 12.8. The Hall–Kier alpha value is -5.48. The molecule has 252 valence electrons. The summed E-state index contributed by atoms with van der Waals surface area (Å²) in [7, 11) is 0. The number of nitrogens with zero attached hydrogens (tertiary/aromatic N) is 3. The lowest BCUT2D eigenvalue weighted by Gasteiger charge is -2.25. The summed E-state index contributed by atoms with van der Waals surface area (Å²) in [5.41, 5.74) is 11.8. The fourth-order valence-electron chi connectivity index (χ4n) is 8.17. The second-order valence-electron chi connectivity index (χ2n) is 15.0. The standard InChI is InChI=1S/C47H43N3O/c1-26(2)34-23-31(30-16-10-9-11-17-30)24-35(27(3)4)43(34)50-42-29(6)15-14-20-38(42)48-46(50)33-22-21-28(5)40-41-39(51-44(33)40)25-36-32-18-12-13-19-37(32)47(7,8)45(36)49-41/h9-27H,1-8H3/i5D3,6D3. The van der Waals surface area contributed by atoms with Gasteiger partial charge in [0.05, 0.1) is 33.4 Å². The minimum Gasteiger partial charge on any atom is -0.454 e. The number of imidazole rings is 1. The highest BCUT2D eigenvalue weighted by molar-refractivity contribution is 6.10. The van der Waals surface area contributed by atoms with Gasteiger partial charge in [0.15, 0.2) is 5.58 Å². The number of fused-ring (bicyclic) bond motifs is 7. The normalized spacial score (nSPS) is 15.8. The number of benzene rings is 5. The van der Waals surface area contributed by atoms with Gasteiger partial charge in [0.25, 0.3) is 0 Å². The quantitative estimate of drug-likeness (QED) is 0.183. The van der Waals surface area contributed by atoms with Crippen LogP contribution in [0.3, 0.4) is 0 Å². The molecule has 5 aromatic carbocycles. The Balaban J connectivity index is 1.43. The molecule has 1 aliphatic carbocycles. The Kier molecular flexibility index (Phi) is 5.62. The number of hydrogen-bond acceptors (Lipinski definition) is 3. The molecule has 0 saturated heterocycles. The Bertz CT molecular complexity index is 2880. The smallest absolute Gasteiger partial charge is 0.154 e. The third-order valence-electron chi connectivity index (χ3n) is 10.7. The molecule has 0 saturated carbocycles. The van der Waals surface area contributed by atoms with Crippen LogP contribution < -0.4 is 0 Å². The van der Waals surface area contributed by atoms with Crippen molar-refractivity contribution in [3.05, 3.63) is 137 Å².